The first kappa shape index (κ1) is 24.5. The fraction of sp³-hybridized carbons (Fsp3) is 0.400. The zero-order valence-corrected chi connectivity index (χ0v) is 21.5. The SMILES string of the molecule is CCN1CCN(c2nc(-c3ccc(S(=O)(=O)N4CCS(O)(O)CC4)cc3)cc3ccccc23)CC1. The first-order valence-corrected chi connectivity index (χ1v) is 15.3. The summed E-state index contributed by atoms with van der Waals surface area (Å²) in [5.41, 5.74) is 1.67. The van der Waals surface area contributed by atoms with E-state index < -0.39 is 20.6 Å². The number of anilines is 1. The molecular weight excluding hydrogens is 484 g/mol. The second kappa shape index (κ2) is 9.68. The molecule has 2 aliphatic heterocycles. The van der Waals surface area contributed by atoms with Gasteiger partial charge in [0.1, 0.15) is 5.82 Å². The lowest BCUT2D eigenvalue weighted by atomic mass is 10.1. The van der Waals surface area contributed by atoms with Crippen molar-refractivity contribution in [3.63, 3.8) is 0 Å². The highest BCUT2D eigenvalue weighted by atomic mass is 32.3. The number of likely N-dealkylation sites (N-methyl/N-ethyl adjacent to an activating group) is 1. The molecular formula is C25H32N4O4S2. The minimum atomic E-state index is -3.69. The van der Waals surface area contributed by atoms with Crippen LogP contribution in [0, 0.1) is 0 Å². The van der Waals surface area contributed by atoms with Crippen molar-refractivity contribution >= 4 is 37.2 Å². The summed E-state index contributed by atoms with van der Waals surface area (Å²) in [6, 6.07) is 17.2. The van der Waals surface area contributed by atoms with E-state index in [2.05, 4.69) is 34.9 Å². The zero-order chi connectivity index (χ0) is 24.6. The Kier molecular flexibility index (Phi) is 6.77. The molecule has 0 saturated carbocycles. The lowest BCUT2D eigenvalue weighted by molar-refractivity contribution is 0.271. The average molecular weight is 517 g/mol. The first-order valence-electron chi connectivity index (χ1n) is 12.0. The van der Waals surface area contributed by atoms with Gasteiger partial charge < -0.3 is 9.80 Å². The molecule has 5 rings (SSSR count). The maximum Gasteiger partial charge on any atom is 0.243 e. The van der Waals surface area contributed by atoms with Crippen molar-refractivity contribution in [1.82, 2.24) is 14.2 Å². The summed E-state index contributed by atoms with van der Waals surface area (Å²) >= 11 is 0. The van der Waals surface area contributed by atoms with Crippen LogP contribution < -0.4 is 4.90 Å². The fourth-order valence-corrected chi connectivity index (χ4v) is 7.64. The quantitative estimate of drug-likeness (QED) is 0.532. The van der Waals surface area contributed by atoms with Gasteiger partial charge in [-0.05, 0) is 30.1 Å². The van der Waals surface area contributed by atoms with Gasteiger partial charge in [0.05, 0.1) is 22.1 Å². The number of hydrogen-bond donors (Lipinski definition) is 2. The molecule has 35 heavy (non-hydrogen) atoms. The van der Waals surface area contributed by atoms with Crippen LogP contribution in [0.1, 0.15) is 6.92 Å². The maximum atomic E-state index is 13.1. The summed E-state index contributed by atoms with van der Waals surface area (Å²) in [7, 11) is -6.35. The Morgan fingerprint density at radius 3 is 2.23 bits per heavy atom. The van der Waals surface area contributed by atoms with Crippen molar-refractivity contribution in [1.29, 1.82) is 0 Å². The predicted molar refractivity (Wildman–Crippen MR) is 143 cm³/mol. The number of rotatable bonds is 5. The highest BCUT2D eigenvalue weighted by molar-refractivity contribution is 8.24. The molecule has 2 saturated heterocycles. The van der Waals surface area contributed by atoms with E-state index in [-0.39, 0.29) is 29.5 Å². The molecule has 0 unspecified atom stereocenters. The standard InChI is InChI=1S/C25H32N4O4S2/c1-2-27-11-13-28(14-12-27)25-23-6-4-3-5-21(23)19-24(26-25)20-7-9-22(10-8-20)35(32,33)29-15-17-34(30,31)18-16-29/h3-10,19,30-31H,2,11-18H2,1H3. The van der Waals surface area contributed by atoms with Crippen LogP contribution in [0.4, 0.5) is 5.82 Å². The lowest BCUT2D eigenvalue weighted by Gasteiger charge is -2.40. The van der Waals surface area contributed by atoms with Crippen LogP contribution in [-0.2, 0) is 10.0 Å². The van der Waals surface area contributed by atoms with Crippen molar-refractivity contribution < 1.29 is 17.5 Å². The summed E-state index contributed by atoms with van der Waals surface area (Å²) < 4.78 is 47.1. The minimum absolute atomic E-state index is 0.0839. The average Bonchev–Trinajstić information content (AvgIpc) is 2.88. The van der Waals surface area contributed by atoms with E-state index >= 15 is 0 Å². The Balaban J connectivity index is 1.44. The number of piperazine rings is 1. The van der Waals surface area contributed by atoms with Crippen LogP contribution in [0.2, 0.25) is 0 Å². The normalized spacial score (nSPS) is 20.7. The third-order valence-electron chi connectivity index (χ3n) is 6.96. The van der Waals surface area contributed by atoms with E-state index in [1.54, 1.807) is 24.3 Å². The molecule has 0 spiro atoms. The molecule has 8 nitrogen and oxygen atoms in total. The second-order valence-electron chi connectivity index (χ2n) is 9.11. The number of sulfonamides is 1. The first-order chi connectivity index (χ1) is 16.8. The number of benzene rings is 2. The molecule has 3 heterocycles. The molecule has 2 N–H and O–H groups in total. The Hall–Kier alpha value is -2.21. The topological polar surface area (TPSA) is 97.2 Å². The predicted octanol–water partition coefficient (Wildman–Crippen LogP) is 3.80. The zero-order valence-electron chi connectivity index (χ0n) is 19.9. The molecule has 2 aromatic carbocycles. The van der Waals surface area contributed by atoms with Crippen LogP contribution in [0.3, 0.4) is 0 Å². The summed E-state index contributed by atoms with van der Waals surface area (Å²) in [5, 5.41) is 2.23. The van der Waals surface area contributed by atoms with Gasteiger partial charge in [0.15, 0.2) is 0 Å². The van der Waals surface area contributed by atoms with Gasteiger partial charge in [-0.1, -0.05) is 43.3 Å². The third kappa shape index (κ3) is 5.04. The highest BCUT2D eigenvalue weighted by Gasteiger charge is 2.31. The van der Waals surface area contributed by atoms with E-state index in [4.69, 9.17) is 4.98 Å². The largest absolute Gasteiger partial charge is 0.354 e. The molecule has 0 bridgehead atoms. The Labute approximate surface area is 208 Å². The van der Waals surface area contributed by atoms with Crippen molar-refractivity contribution in [3.05, 3.63) is 54.6 Å². The minimum Gasteiger partial charge on any atom is -0.354 e. The number of fused-ring (bicyclic) bond motifs is 1. The van der Waals surface area contributed by atoms with Gasteiger partial charge in [0, 0.05) is 50.2 Å². The lowest BCUT2D eigenvalue weighted by Crippen LogP contribution is -2.46. The van der Waals surface area contributed by atoms with Crippen LogP contribution in [0.5, 0.6) is 0 Å². The van der Waals surface area contributed by atoms with Gasteiger partial charge in [-0.15, -0.1) is 0 Å². The Morgan fingerprint density at radius 2 is 1.57 bits per heavy atom. The molecule has 2 aliphatic rings. The Bertz CT molecular complexity index is 1300. The van der Waals surface area contributed by atoms with E-state index in [1.807, 2.05) is 12.1 Å². The van der Waals surface area contributed by atoms with E-state index in [0.29, 0.717) is 0 Å². The van der Waals surface area contributed by atoms with Gasteiger partial charge in [-0.2, -0.15) is 14.9 Å². The van der Waals surface area contributed by atoms with Gasteiger partial charge >= 0.3 is 0 Å². The summed E-state index contributed by atoms with van der Waals surface area (Å²) in [4.78, 5) is 10.0. The van der Waals surface area contributed by atoms with Crippen molar-refractivity contribution in [2.45, 2.75) is 11.8 Å². The molecule has 1 aromatic heterocycles. The van der Waals surface area contributed by atoms with Gasteiger partial charge in [0.25, 0.3) is 0 Å². The molecule has 3 aromatic rings. The monoisotopic (exact) mass is 516 g/mol. The summed E-state index contributed by atoms with van der Waals surface area (Å²) in [5.74, 6) is 1.14. The molecule has 2 fully saturated rings. The van der Waals surface area contributed by atoms with Crippen LogP contribution in [-0.4, -0.2) is 89.0 Å². The number of aromatic nitrogens is 1. The summed E-state index contributed by atoms with van der Waals surface area (Å²) in [6.45, 7) is 7.34. The van der Waals surface area contributed by atoms with E-state index in [1.165, 1.54) is 4.31 Å². The maximum absolute atomic E-state index is 13.1. The Morgan fingerprint density at radius 1 is 0.914 bits per heavy atom. The smallest absolute Gasteiger partial charge is 0.243 e. The van der Waals surface area contributed by atoms with Crippen LogP contribution >= 0.6 is 10.6 Å². The van der Waals surface area contributed by atoms with E-state index in [0.717, 1.165) is 60.6 Å². The van der Waals surface area contributed by atoms with Crippen molar-refractivity contribution in [3.8, 4) is 11.3 Å². The fourth-order valence-electron chi connectivity index (χ4n) is 4.74. The van der Waals surface area contributed by atoms with Crippen LogP contribution in [0.25, 0.3) is 22.0 Å². The van der Waals surface area contributed by atoms with E-state index in [9.17, 15) is 17.5 Å². The van der Waals surface area contributed by atoms with Gasteiger partial charge in [-0.3, -0.25) is 9.11 Å². The molecule has 0 atom stereocenters. The second-order valence-corrected chi connectivity index (χ2v) is 13.5. The third-order valence-corrected chi connectivity index (χ3v) is 10.5. The van der Waals surface area contributed by atoms with Crippen molar-refractivity contribution in [2.24, 2.45) is 0 Å². The molecule has 10 heteroatoms. The summed E-state index contributed by atoms with van der Waals surface area (Å²) in [6.07, 6.45) is 0. The molecule has 188 valence electrons. The van der Waals surface area contributed by atoms with Crippen LogP contribution in [0.15, 0.2) is 59.5 Å². The molecule has 0 radical (unpaired) electrons. The van der Waals surface area contributed by atoms with Gasteiger partial charge in [-0.25, -0.2) is 13.4 Å². The number of hydrogen-bond acceptors (Lipinski definition) is 7. The number of pyridine rings is 1. The van der Waals surface area contributed by atoms with Crippen molar-refractivity contribution in [2.75, 3.05) is 62.2 Å². The molecule has 0 aliphatic carbocycles. The molecule has 0 amide bonds. The van der Waals surface area contributed by atoms with Gasteiger partial charge in [0.2, 0.25) is 10.0 Å². The highest BCUT2D eigenvalue weighted by Crippen LogP contribution is 2.41. The number of nitrogens with zero attached hydrogens (tertiary/aromatic N) is 4.